The first-order valence-corrected chi connectivity index (χ1v) is 6.98. The SMILES string of the molecule is COC(=O)[C@H](F)[C@@H](Cc1ccccc1)NC(=O)OC(C)(C)C. The lowest BCUT2D eigenvalue weighted by atomic mass is 10.0. The summed E-state index contributed by atoms with van der Waals surface area (Å²) in [5.41, 5.74) is 0.0773. The molecule has 0 aliphatic carbocycles. The van der Waals surface area contributed by atoms with Crippen LogP contribution in [-0.2, 0) is 20.7 Å². The number of hydrogen-bond donors (Lipinski definition) is 1. The fourth-order valence-electron chi connectivity index (χ4n) is 1.83. The van der Waals surface area contributed by atoms with E-state index in [4.69, 9.17) is 4.74 Å². The molecule has 0 bridgehead atoms. The van der Waals surface area contributed by atoms with Gasteiger partial charge in [0.25, 0.3) is 0 Å². The first-order chi connectivity index (χ1) is 10.2. The Morgan fingerprint density at radius 3 is 2.32 bits per heavy atom. The third kappa shape index (κ3) is 6.11. The number of esters is 1. The van der Waals surface area contributed by atoms with Crippen LogP contribution in [0.1, 0.15) is 26.3 Å². The Balaban J connectivity index is 2.82. The average Bonchev–Trinajstić information content (AvgIpc) is 2.44. The lowest BCUT2D eigenvalue weighted by Crippen LogP contribution is -2.48. The summed E-state index contributed by atoms with van der Waals surface area (Å²) >= 11 is 0. The van der Waals surface area contributed by atoms with Crippen LogP contribution in [0, 0.1) is 0 Å². The maximum absolute atomic E-state index is 14.2. The van der Waals surface area contributed by atoms with Gasteiger partial charge in [-0.15, -0.1) is 0 Å². The van der Waals surface area contributed by atoms with E-state index in [-0.39, 0.29) is 6.42 Å². The predicted molar refractivity (Wildman–Crippen MR) is 80.2 cm³/mol. The lowest BCUT2D eigenvalue weighted by Gasteiger charge is -2.24. The van der Waals surface area contributed by atoms with Crippen LogP contribution in [0.3, 0.4) is 0 Å². The number of nitrogens with one attached hydrogen (secondary N) is 1. The molecule has 1 aromatic carbocycles. The smallest absolute Gasteiger partial charge is 0.407 e. The summed E-state index contributed by atoms with van der Waals surface area (Å²) in [5.74, 6) is -1.03. The van der Waals surface area contributed by atoms with Gasteiger partial charge in [-0.05, 0) is 32.8 Å². The van der Waals surface area contributed by atoms with Crippen LogP contribution in [0.5, 0.6) is 0 Å². The number of amides is 1. The van der Waals surface area contributed by atoms with E-state index >= 15 is 0 Å². The highest BCUT2D eigenvalue weighted by Gasteiger charge is 2.32. The second-order valence-electron chi connectivity index (χ2n) is 5.87. The minimum atomic E-state index is -1.97. The molecule has 0 spiro atoms. The highest BCUT2D eigenvalue weighted by atomic mass is 19.1. The number of carbonyl (C=O) groups excluding carboxylic acids is 2. The van der Waals surface area contributed by atoms with E-state index < -0.39 is 29.9 Å². The zero-order chi connectivity index (χ0) is 16.8. The molecule has 22 heavy (non-hydrogen) atoms. The van der Waals surface area contributed by atoms with Crippen molar-refractivity contribution in [3.05, 3.63) is 35.9 Å². The summed E-state index contributed by atoms with van der Waals surface area (Å²) in [6.07, 6.45) is -2.60. The monoisotopic (exact) mass is 311 g/mol. The van der Waals surface area contributed by atoms with Gasteiger partial charge in [0.2, 0.25) is 6.17 Å². The Morgan fingerprint density at radius 1 is 1.23 bits per heavy atom. The summed E-state index contributed by atoms with van der Waals surface area (Å²) in [7, 11) is 1.10. The zero-order valence-corrected chi connectivity index (χ0v) is 13.3. The van der Waals surface area contributed by atoms with Crippen molar-refractivity contribution in [3.8, 4) is 0 Å². The molecule has 6 heteroatoms. The van der Waals surface area contributed by atoms with Crippen molar-refractivity contribution in [1.82, 2.24) is 5.32 Å². The Morgan fingerprint density at radius 2 is 1.82 bits per heavy atom. The summed E-state index contributed by atoms with van der Waals surface area (Å²) in [6, 6.07) is 7.93. The summed E-state index contributed by atoms with van der Waals surface area (Å²) in [4.78, 5) is 23.2. The number of methoxy groups -OCH3 is 1. The molecule has 1 aromatic rings. The van der Waals surface area contributed by atoms with Gasteiger partial charge in [-0.3, -0.25) is 0 Å². The number of benzene rings is 1. The largest absolute Gasteiger partial charge is 0.467 e. The van der Waals surface area contributed by atoms with Crippen molar-refractivity contribution in [2.75, 3.05) is 7.11 Å². The summed E-state index contributed by atoms with van der Waals surface area (Å²) < 4.78 is 23.7. The van der Waals surface area contributed by atoms with Gasteiger partial charge in [-0.25, -0.2) is 14.0 Å². The molecule has 0 aliphatic rings. The molecule has 1 rings (SSSR count). The average molecular weight is 311 g/mol. The van der Waals surface area contributed by atoms with Crippen LogP contribution < -0.4 is 5.32 Å². The Kier molecular flexibility index (Phi) is 6.34. The zero-order valence-electron chi connectivity index (χ0n) is 13.3. The number of alkyl halides is 1. The molecule has 122 valence electrons. The van der Waals surface area contributed by atoms with E-state index in [1.165, 1.54) is 0 Å². The molecular formula is C16H22FNO4. The summed E-state index contributed by atoms with van der Waals surface area (Å²) in [6.45, 7) is 5.10. The Labute approximate surface area is 129 Å². The molecule has 0 unspecified atom stereocenters. The molecule has 0 fully saturated rings. The molecule has 0 heterocycles. The third-order valence-corrected chi connectivity index (χ3v) is 2.78. The van der Waals surface area contributed by atoms with Gasteiger partial charge in [-0.2, -0.15) is 0 Å². The second kappa shape index (κ2) is 7.77. The number of ether oxygens (including phenoxy) is 2. The second-order valence-corrected chi connectivity index (χ2v) is 5.87. The Bertz CT molecular complexity index is 499. The number of alkyl carbamates (subject to hydrolysis) is 1. The van der Waals surface area contributed by atoms with Gasteiger partial charge in [0.1, 0.15) is 5.60 Å². The first kappa shape index (κ1) is 17.9. The molecule has 1 amide bonds. The molecule has 0 aromatic heterocycles. The minimum Gasteiger partial charge on any atom is -0.467 e. The van der Waals surface area contributed by atoms with Gasteiger partial charge in [0.15, 0.2) is 0 Å². The van der Waals surface area contributed by atoms with Crippen molar-refractivity contribution < 1.29 is 23.5 Å². The molecule has 0 saturated carbocycles. The molecule has 0 saturated heterocycles. The number of carbonyl (C=O) groups is 2. The van der Waals surface area contributed by atoms with Crippen LogP contribution >= 0.6 is 0 Å². The van der Waals surface area contributed by atoms with Crippen LogP contribution in [-0.4, -0.2) is 37.0 Å². The van der Waals surface area contributed by atoms with Crippen molar-refractivity contribution in [1.29, 1.82) is 0 Å². The van der Waals surface area contributed by atoms with Crippen molar-refractivity contribution in [2.45, 2.75) is 45.0 Å². The standard InChI is InChI=1S/C16H22FNO4/c1-16(2,3)22-15(20)18-12(13(17)14(19)21-4)10-11-8-6-5-7-9-11/h5-9,12-13H,10H2,1-4H3,(H,18,20)/t12-,13-/m1/s1. The molecular weight excluding hydrogens is 289 g/mol. The fraction of sp³-hybridized carbons (Fsp3) is 0.500. The number of hydrogen-bond acceptors (Lipinski definition) is 4. The van der Waals surface area contributed by atoms with E-state index in [1.807, 2.05) is 6.07 Å². The van der Waals surface area contributed by atoms with E-state index in [0.717, 1.165) is 12.7 Å². The van der Waals surface area contributed by atoms with Gasteiger partial charge < -0.3 is 14.8 Å². The van der Waals surface area contributed by atoms with Crippen LogP contribution in [0.2, 0.25) is 0 Å². The summed E-state index contributed by atoms with van der Waals surface area (Å²) in [5, 5.41) is 2.40. The highest BCUT2D eigenvalue weighted by Crippen LogP contribution is 2.12. The maximum Gasteiger partial charge on any atom is 0.407 e. The quantitative estimate of drug-likeness (QED) is 0.849. The van der Waals surface area contributed by atoms with Gasteiger partial charge >= 0.3 is 12.1 Å². The number of halogens is 1. The normalized spacial score (nSPS) is 13.9. The minimum absolute atomic E-state index is 0.149. The molecule has 5 nitrogen and oxygen atoms in total. The highest BCUT2D eigenvalue weighted by molar-refractivity contribution is 5.77. The third-order valence-electron chi connectivity index (χ3n) is 2.78. The van der Waals surface area contributed by atoms with Crippen LogP contribution in [0.15, 0.2) is 30.3 Å². The van der Waals surface area contributed by atoms with Gasteiger partial charge in [0, 0.05) is 0 Å². The van der Waals surface area contributed by atoms with E-state index in [2.05, 4.69) is 10.1 Å². The molecule has 0 aliphatic heterocycles. The van der Waals surface area contributed by atoms with Crippen LogP contribution in [0.4, 0.5) is 9.18 Å². The molecule has 2 atom stereocenters. The molecule has 1 N–H and O–H groups in total. The van der Waals surface area contributed by atoms with Gasteiger partial charge in [0.05, 0.1) is 13.2 Å². The van der Waals surface area contributed by atoms with E-state index in [1.54, 1.807) is 45.0 Å². The topological polar surface area (TPSA) is 64.6 Å². The van der Waals surface area contributed by atoms with E-state index in [9.17, 15) is 14.0 Å². The number of rotatable bonds is 5. The predicted octanol–water partition coefficient (Wildman–Crippen LogP) is 2.63. The van der Waals surface area contributed by atoms with Crippen LogP contribution in [0.25, 0.3) is 0 Å². The van der Waals surface area contributed by atoms with Crippen molar-refractivity contribution in [3.63, 3.8) is 0 Å². The van der Waals surface area contributed by atoms with Crippen molar-refractivity contribution in [2.24, 2.45) is 0 Å². The Hall–Kier alpha value is -2.11. The first-order valence-electron chi connectivity index (χ1n) is 6.98. The van der Waals surface area contributed by atoms with Crippen molar-refractivity contribution >= 4 is 12.1 Å². The lowest BCUT2D eigenvalue weighted by molar-refractivity contribution is -0.147. The van der Waals surface area contributed by atoms with E-state index in [0.29, 0.717) is 0 Å². The fourth-order valence-corrected chi connectivity index (χ4v) is 1.83. The maximum atomic E-state index is 14.2. The molecule has 0 radical (unpaired) electrons. The van der Waals surface area contributed by atoms with Gasteiger partial charge in [-0.1, -0.05) is 30.3 Å².